The number of hydrogen-bond donors (Lipinski definition) is 0. The summed E-state index contributed by atoms with van der Waals surface area (Å²) >= 11 is 0. The summed E-state index contributed by atoms with van der Waals surface area (Å²) in [4.78, 5) is 23.0. The zero-order valence-electron chi connectivity index (χ0n) is 11.2. The van der Waals surface area contributed by atoms with Crippen molar-refractivity contribution in [1.82, 2.24) is 0 Å². The van der Waals surface area contributed by atoms with Crippen molar-refractivity contribution in [2.45, 2.75) is 51.9 Å². The minimum atomic E-state index is 0.321. The summed E-state index contributed by atoms with van der Waals surface area (Å²) in [6.07, 6.45) is 9.43. The highest BCUT2D eigenvalue weighted by Gasteiger charge is 2.41. The van der Waals surface area contributed by atoms with E-state index in [1.54, 1.807) is 6.92 Å². The maximum absolute atomic E-state index is 11.5. The first kappa shape index (κ1) is 12.1. The second-order valence-corrected chi connectivity index (χ2v) is 6.41. The molecule has 0 spiro atoms. The molecule has 18 heavy (non-hydrogen) atoms. The van der Waals surface area contributed by atoms with Gasteiger partial charge in [0.1, 0.15) is 5.78 Å². The van der Waals surface area contributed by atoms with Gasteiger partial charge in [0.25, 0.3) is 0 Å². The van der Waals surface area contributed by atoms with E-state index in [1.807, 2.05) is 6.08 Å². The number of hydrogen-bond acceptors (Lipinski definition) is 2. The molecule has 0 radical (unpaired) electrons. The normalized spacial score (nSPS) is 39.6. The molecule has 0 unspecified atom stereocenters. The highest BCUT2D eigenvalue weighted by molar-refractivity contribution is 5.91. The van der Waals surface area contributed by atoms with Gasteiger partial charge in [0.2, 0.25) is 0 Å². The molecule has 0 N–H and O–H groups in total. The first-order valence-electron chi connectivity index (χ1n) is 7.39. The van der Waals surface area contributed by atoms with Gasteiger partial charge in [-0.25, -0.2) is 0 Å². The van der Waals surface area contributed by atoms with Gasteiger partial charge in [0.15, 0.2) is 5.78 Å². The maximum Gasteiger partial charge on any atom is 0.155 e. The number of ketones is 2. The SMILES string of the molecule is CC(=O)[C@@H]1CC[C@@H]2[C@H](CCC3=CC(=O)CC[C@H]32)C1. The van der Waals surface area contributed by atoms with Crippen LogP contribution < -0.4 is 0 Å². The van der Waals surface area contributed by atoms with Gasteiger partial charge in [-0.05, 0) is 69.3 Å². The summed E-state index contributed by atoms with van der Waals surface area (Å²) in [5.74, 6) is 3.19. The fraction of sp³-hybridized carbons (Fsp3) is 0.750. The highest BCUT2D eigenvalue weighted by Crippen LogP contribution is 2.50. The van der Waals surface area contributed by atoms with Gasteiger partial charge in [-0.15, -0.1) is 0 Å². The van der Waals surface area contributed by atoms with Gasteiger partial charge in [0.05, 0.1) is 0 Å². The van der Waals surface area contributed by atoms with E-state index >= 15 is 0 Å². The summed E-state index contributed by atoms with van der Waals surface area (Å²) in [6.45, 7) is 1.75. The zero-order valence-corrected chi connectivity index (χ0v) is 11.2. The molecule has 0 saturated heterocycles. The van der Waals surface area contributed by atoms with E-state index in [0.29, 0.717) is 23.4 Å². The molecule has 0 aromatic carbocycles. The van der Waals surface area contributed by atoms with Crippen LogP contribution >= 0.6 is 0 Å². The Hall–Kier alpha value is -0.920. The maximum atomic E-state index is 11.5. The molecule has 0 aromatic heterocycles. The molecule has 2 fully saturated rings. The molecule has 3 aliphatic carbocycles. The lowest BCUT2D eigenvalue weighted by Crippen LogP contribution is -2.38. The van der Waals surface area contributed by atoms with E-state index in [0.717, 1.165) is 43.9 Å². The second-order valence-electron chi connectivity index (χ2n) is 6.41. The van der Waals surface area contributed by atoms with Crippen molar-refractivity contribution in [2.24, 2.45) is 23.7 Å². The average Bonchev–Trinajstić information content (AvgIpc) is 2.37. The van der Waals surface area contributed by atoms with Crippen molar-refractivity contribution >= 4 is 11.6 Å². The summed E-state index contributed by atoms with van der Waals surface area (Å²) in [6, 6.07) is 0. The number of carbonyl (C=O) groups excluding carboxylic acids is 2. The van der Waals surface area contributed by atoms with Crippen LogP contribution in [0.5, 0.6) is 0 Å². The van der Waals surface area contributed by atoms with Crippen LogP contribution in [-0.2, 0) is 9.59 Å². The van der Waals surface area contributed by atoms with Crippen LogP contribution in [-0.4, -0.2) is 11.6 Å². The van der Waals surface area contributed by atoms with Gasteiger partial charge >= 0.3 is 0 Å². The highest BCUT2D eigenvalue weighted by atomic mass is 16.1. The second kappa shape index (κ2) is 4.64. The van der Waals surface area contributed by atoms with Crippen LogP contribution in [0.2, 0.25) is 0 Å². The number of carbonyl (C=O) groups is 2. The minimum Gasteiger partial charge on any atom is -0.300 e. The molecule has 3 rings (SSSR count). The van der Waals surface area contributed by atoms with Crippen LogP contribution in [0.1, 0.15) is 51.9 Å². The van der Waals surface area contributed by atoms with Crippen molar-refractivity contribution in [3.05, 3.63) is 11.6 Å². The third-order valence-electron chi connectivity index (χ3n) is 5.46. The lowest BCUT2D eigenvalue weighted by atomic mass is 9.59. The predicted molar refractivity (Wildman–Crippen MR) is 70.1 cm³/mol. The smallest absolute Gasteiger partial charge is 0.155 e. The van der Waals surface area contributed by atoms with Crippen molar-refractivity contribution in [3.63, 3.8) is 0 Å². The van der Waals surface area contributed by atoms with Crippen LogP contribution in [0.15, 0.2) is 11.6 Å². The monoisotopic (exact) mass is 246 g/mol. The van der Waals surface area contributed by atoms with E-state index in [1.165, 1.54) is 18.4 Å². The van der Waals surface area contributed by atoms with Gasteiger partial charge in [0, 0.05) is 12.3 Å². The number of Topliss-reactive ketones (excluding diaryl/α,β-unsaturated/α-hetero) is 1. The Balaban J connectivity index is 1.76. The van der Waals surface area contributed by atoms with Crippen LogP contribution in [0.25, 0.3) is 0 Å². The van der Waals surface area contributed by atoms with Gasteiger partial charge in [-0.1, -0.05) is 5.57 Å². The summed E-state index contributed by atoms with van der Waals surface area (Å²) < 4.78 is 0. The summed E-state index contributed by atoms with van der Waals surface area (Å²) in [7, 11) is 0. The Morgan fingerprint density at radius 1 is 1.17 bits per heavy atom. The molecule has 0 amide bonds. The lowest BCUT2D eigenvalue weighted by Gasteiger charge is -2.45. The van der Waals surface area contributed by atoms with E-state index in [4.69, 9.17) is 0 Å². The standard InChI is InChI=1S/C16H22O2/c1-10(17)11-4-6-15-12(8-11)2-3-13-9-14(18)5-7-16(13)15/h9,11-12,15-16H,2-8H2,1H3/t11-,12-,15-,16-/m1/s1. The Morgan fingerprint density at radius 2 is 2.00 bits per heavy atom. The van der Waals surface area contributed by atoms with Crippen molar-refractivity contribution < 1.29 is 9.59 Å². The molecule has 0 bridgehead atoms. The van der Waals surface area contributed by atoms with Crippen molar-refractivity contribution in [1.29, 1.82) is 0 Å². The molecule has 4 atom stereocenters. The molecule has 0 heterocycles. The average molecular weight is 246 g/mol. The predicted octanol–water partition coefficient (Wildman–Crippen LogP) is 3.31. The molecule has 3 aliphatic rings. The van der Waals surface area contributed by atoms with E-state index in [2.05, 4.69) is 0 Å². The van der Waals surface area contributed by atoms with Crippen LogP contribution in [0, 0.1) is 23.7 Å². The van der Waals surface area contributed by atoms with Crippen LogP contribution in [0.3, 0.4) is 0 Å². The van der Waals surface area contributed by atoms with Crippen molar-refractivity contribution in [3.8, 4) is 0 Å². The molecule has 2 heteroatoms. The fourth-order valence-electron chi connectivity index (χ4n) is 4.49. The van der Waals surface area contributed by atoms with Gasteiger partial charge in [-0.2, -0.15) is 0 Å². The Morgan fingerprint density at radius 3 is 2.78 bits per heavy atom. The van der Waals surface area contributed by atoms with Crippen LogP contribution in [0.4, 0.5) is 0 Å². The minimum absolute atomic E-state index is 0.321. The molecule has 0 aliphatic heterocycles. The van der Waals surface area contributed by atoms with E-state index in [9.17, 15) is 9.59 Å². The molecule has 2 nitrogen and oxygen atoms in total. The zero-order chi connectivity index (χ0) is 12.7. The van der Waals surface area contributed by atoms with Gasteiger partial charge in [-0.3, -0.25) is 9.59 Å². The topological polar surface area (TPSA) is 34.1 Å². The first-order valence-corrected chi connectivity index (χ1v) is 7.39. The lowest BCUT2D eigenvalue weighted by molar-refractivity contribution is -0.123. The third kappa shape index (κ3) is 2.06. The van der Waals surface area contributed by atoms with Crippen molar-refractivity contribution in [2.75, 3.05) is 0 Å². The first-order chi connectivity index (χ1) is 8.65. The number of rotatable bonds is 1. The molecule has 2 saturated carbocycles. The summed E-state index contributed by atoms with van der Waals surface area (Å²) in [5, 5.41) is 0. The Kier molecular flexibility index (Phi) is 3.13. The third-order valence-corrected chi connectivity index (χ3v) is 5.46. The molecule has 0 aromatic rings. The quantitative estimate of drug-likeness (QED) is 0.711. The molecular formula is C16H22O2. The Labute approximate surface area is 109 Å². The fourth-order valence-corrected chi connectivity index (χ4v) is 4.49. The van der Waals surface area contributed by atoms with Gasteiger partial charge < -0.3 is 0 Å². The van der Waals surface area contributed by atoms with E-state index < -0.39 is 0 Å². The molecular weight excluding hydrogens is 224 g/mol. The largest absolute Gasteiger partial charge is 0.300 e. The Bertz CT molecular complexity index is 407. The van der Waals surface area contributed by atoms with E-state index in [-0.39, 0.29) is 0 Å². The molecule has 98 valence electrons. The number of allylic oxidation sites excluding steroid dienone is 2. The number of fused-ring (bicyclic) bond motifs is 3. The summed E-state index contributed by atoms with van der Waals surface area (Å²) in [5.41, 5.74) is 1.42.